The number of barbiturate groups is 1. The predicted octanol–water partition coefficient (Wildman–Crippen LogP) is -0.0652. The van der Waals surface area contributed by atoms with Gasteiger partial charge in [-0.15, -0.1) is 0 Å². The van der Waals surface area contributed by atoms with Gasteiger partial charge in [0.15, 0.2) is 0 Å². The summed E-state index contributed by atoms with van der Waals surface area (Å²) in [5.74, 6) is -1.19. The standard InChI is InChI=1S/C8H10N2O3/c1-4(2)3-5-6(11)9-8(13)10-7(5)12/h3-4H,1-2H3,(H2,9,10,11,12,13). The molecule has 0 atom stereocenters. The minimum Gasteiger partial charge on any atom is -0.273 e. The summed E-state index contributed by atoms with van der Waals surface area (Å²) >= 11 is 0. The fraction of sp³-hybridized carbons (Fsp3) is 0.375. The first kappa shape index (κ1) is 9.44. The first-order valence-electron chi connectivity index (χ1n) is 3.89. The summed E-state index contributed by atoms with van der Waals surface area (Å²) in [5.41, 5.74) is -0.00500. The molecule has 70 valence electrons. The van der Waals surface area contributed by atoms with Crippen LogP contribution in [0.1, 0.15) is 13.8 Å². The van der Waals surface area contributed by atoms with Crippen molar-refractivity contribution in [2.24, 2.45) is 5.92 Å². The molecular formula is C8H10N2O3. The maximum absolute atomic E-state index is 11.1. The highest BCUT2D eigenvalue weighted by Gasteiger charge is 2.27. The van der Waals surface area contributed by atoms with Crippen LogP contribution in [0.5, 0.6) is 0 Å². The molecule has 1 aliphatic rings. The summed E-state index contributed by atoms with van der Waals surface area (Å²) in [5, 5.41) is 3.97. The van der Waals surface area contributed by atoms with Gasteiger partial charge in [0.2, 0.25) is 0 Å². The van der Waals surface area contributed by atoms with Crippen LogP contribution in [0.4, 0.5) is 4.79 Å². The zero-order valence-electron chi connectivity index (χ0n) is 7.38. The number of allylic oxidation sites excluding steroid dienone is 1. The zero-order chi connectivity index (χ0) is 10.0. The largest absolute Gasteiger partial charge is 0.328 e. The maximum Gasteiger partial charge on any atom is 0.328 e. The molecule has 13 heavy (non-hydrogen) atoms. The van der Waals surface area contributed by atoms with Crippen LogP contribution in [0.3, 0.4) is 0 Å². The summed E-state index contributed by atoms with van der Waals surface area (Å²) in [7, 11) is 0. The molecule has 4 amide bonds. The monoisotopic (exact) mass is 182 g/mol. The molecule has 1 fully saturated rings. The second-order valence-electron chi connectivity index (χ2n) is 3.06. The first-order valence-corrected chi connectivity index (χ1v) is 3.89. The number of carbonyl (C=O) groups is 3. The highest BCUT2D eigenvalue weighted by atomic mass is 16.2. The molecule has 0 aromatic rings. The smallest absolute Gasteiger partial charge is 0.273 e. The van der Waals surface area contributed by atoms with Gasteiger partial charge in [0.25, 0.3) is 11.8 Å². The molecule has 1 aliphatic heterocycles. The third-order valence-electron chi connectivity index (χ3n) is 1.44. The Kier molecular flexibility index (Phi) is 2.46. The normalized spacial score (nSPS) is 17.2. The Morgan fingerprint density at radius 1 is 1.08 bits per heavy atom. The Hall–Kier alpha value is -1.65. The zero-order valence-corrected chi connectivity index (χ0v) is 7.38. The molecule has 0 spiro atoms. The Morgan fingerprint density at radius 2 is 1.54 bits per heavy atom. The molecule has 1 saturated heterocycles. The van der Waals surface area contributed by atoms with Crippen LogP contribution in [-0.2, 0) is 9.59 Å². The van der Waals surface area contributed by atoms with Gasteiger partial charge < -0.3 is 0 Å². The van der Waals surface area contributed by atoms with Crippen LogP contribution >= 0.6 is 0 Å². The maximum atomic E-state index is 11.1. The van der Waals surface area contributed by atoms with E-state index in [1.807, 2.05) is 24.5 Å². The van der Waals surface area contributed by atoms with Crippen molar-refractivity contribution in [2.45, 2.75) is 13.8 Å². The molecule has 5 heteroatoms. The van der Waals surface area contributed by atoms with Crippen LogP contribution in [0.2, 0.25) is 0 Å². The third kappa shape index (κ3) is 2.14. The lowest BCUT2D eigenvalue weighted by molar-refractivity contribution is -0.124. The number of nitrogens with one attached hydrogen (secondary N) is 2. The van der Waals surface area contributed by atoms with Crippen molar-refractivity contribution in [1.82, 2.24) is 10.6 Å². The van der Waals surface area contributed by atoms with E-state index in [-0.39, 0.29) is 11.5 Å². The van der Waals surface area contributed by atoms with Crippen molar-refractivity contribution in [1.29, 1.82) is 0 Å². The molecule has 0 aromatic carbocycles. The van der Waals surface area contributed by atoms with Crippen molar-refractivity contribution in [2.75, 3.05) is 0 Å². The van der Waals surface area contributed by atoms with Gasteiger partial charge in [0, 0.05) is 0 Å². The van der Waals surface area contributed by atoms with E-state index in [0.717, 1.165) is 0 Å². The van der Waals surface area contributed by atoms with Crippen LogP contribution < -0.4 is 10.6 Å². The summed E-state index contributed by atoms with van der Waals surface area (Å²) in [6, 6.07) is -0.768. The van der Waals surface area contributed by atoms with E-state index in [4.69, 9.17) is 0 Å². The number of hydrogen-bond acceptors (Lipinski definition) is 3. The SMILES string of the molecule is CC(C)C=C1C(=O)NC(=O)NC1=O. The van der Waals surface area contributed by atoms with E-state index >= 15 is 0 Å². The molecular weight excluding hydrogens is 172 g/mol. The van der Waals surface area contributed by atoms with Crippen molar-refractivity contribution in [3.05, 3.63) is 11.6 Å². The summed E-state index contributed by atoms with van der Waals surface area (Å²) in [6.07, 6.45) is 1.51. The van der Waals surface area contributed by atoms with Crippen LogP contribution in [-0.4, -0.2) is 17.8 Å². The molecule has 1 rings (SSSR count). The number of hydrogen-bond donors (Lipinski definition) is 2. The lowest BCUT2D eigenvalue weighted by Crippen LogP contribution is -2.51. The Balaban J connectivity index is 2.91. The van der Waals surface area contributed by atoms with Gasteiger partial charge in [0.05, 0.1) is 0 Å². The molecule has 2 N–H and O–H groups in total. The van der Waals surface area contributed by atoms with Gasteiger partial charge in [-0.3, -0.25) is 20.2 Å². The average Bonchev–Trinajstić information content (AvgIpc) is 1.96. The van der Waals surface area contributed by atoms with E-state index in [1.54, 1.807) is 0 Å². The molecule has 0 radical (unpaired) electrons. The van der Waals surface area contributed by atoms with Crippen molar-refractivity contribution in [3.8, 4) is 0 Å². The van der Waals surface area contributed by atoms with Crippen LogP contribution in [0.15, 0.2) is 11.6 Å². The average molecular weight is 182 g/mol. The van der Waals surface area contributed by atoms with E-state index in [0.29, 0.717) is 0 Å². The predicted molar refractivity (Wildman–Crippen MR) is 44.6 cm³/mol. The van der Waals surface area contributed by atoms with Crippen molar-refractivity contribution in [3.63, 3.8) is 0 Å². The molecule has 0 saturated carbocycles. The number of carbonyl (C=O) groups excluding carboxylic acids is 3. The highest BCUT2D eigenvalue weighted by Crippen LogP contribution is 2.05. The van der Waals surface area contributed by atoms with Gasteiger partial charge in [-0.25, -0.2) is 4.79 Å². The number of rotatable bonds is 1. The minimum atomic E-state index is -0.768. The van der Waals surface area contributed by atoms with E-state index < -0.39 is 17.8 Å². The minimum absolute atomic E-state index is 0.00500. The quantitative estimate of drug-likeness (QED) is 0.440. The Bertz CT molecular complexity index is 283. The fourth-order valence-corrected chi connectivity index (χ4v) is 0.960. The third-order valence-corrected chi connectivity index (χ3v) is 1.44. The lowest BCUT2D eigenvalue weighted by atomic mass is 10.1. The Labute approximate surface area is 75.2 Å². The van der Waals surface area contributed by atoms with Crippen LogP contribution in [0, 0.1) is 5.92 Å². The van der Waals surface area contributed by atoms with Gasteiger partial charge in [-0.05, 0) is 5.92 Å². The number of imide groups is 2. The topological polar surface area (TPSA) is 75.3 Å². The molecule has 0 aliphatic carbocycles. The van der Waals surface area contributed by atoms with Crippen molar-refractivity contribution >= 4 is 17.8 Å². The second-order valence-corrected chi connectivity index (χ2v) is 3.06. The van der Waals surface area contributed by atoms with Gasteiger partial charge in [0.1, 0.15) is 5.57 Å². The van der Waals surface area contributed by atoms with Gasteiger partial charge in [-0.1, -0.05) is 19.9 Å². The summed E-state index contributed by atoms with van der Waals surface area (Å²) in [4.78, 5) is 32.8. The number of urea groups is 1. The number of amides is 4. The van der Waals surface area contributed by atoms with Crippen LogP contribution in [0.25, 0.3) is 0 Å². The van der Waals surface area contributed by atoms with Gasteiger partial charge >= 0.3 is 6.03 Å². The molecule has 1 heterocycles. The first-order chi connectivity index (χ1) is 6.00. The highest BCUT2D eigenvalue weighted by molar-refractivity contribution is 6.28. The second kappa shape index (κ2) is 3.38. The molecule has 0 unspecified atom stereocenters. The summed E-state index contributed by atoms with van der Waals surface area (Å²) < 4.78 is 0. The molecule has 0 bridgehead atoms. The fourth-order valence-electron chi connectivity index (χ4n) is 0.960. The van der Waals surface area contributed by atoms with Gasteiger partial charge in [-0.2, -0.15) is 0 Å². The molecule has 0 aromatic heterocycles. The molecule has 5 nitrogen and oxygen atoms in total. The van der Waals surface area contributed by atoms with E-state index in [9.17, 15) is 14.4 Å². The van der Waals surface area contributed by atoms with E-state index in [2.05, 4.69) is 0 Å². The lowest BCUT2D eigenvalue weighted by Gasteiger charge is -2.14. The van der Waals surface area contributed by atoms with E-state index in [1.165, 1.54) is 6.08 Å². The van der Waals surface area contributed by atoms with Crippen molar-refractivity contribution < 1.29 is 14.4 Å². The Morgan fingerprint density at radius 3 is 1.92 bits per heavy atom. The summed E-state index contributed by atoms with van der Waals surface area (Å²) in [6.45, 7) is 3.67.